The summed E-state index contributed by atoms with van der Waals surface area (Å²) in [6.07, 6.45) is 3.64. The third kappa shape index (κ3) is 4.19. The molecule has 1 aromatic carbocycles. The molecule has 4 heteroatoms. The summed E-state index contributed by atoms with van der Waals surface area (Å²) < 4.78 is 5.44. The molecule has 0 aliphatic heterocycles. The highest BCUT2D eigenvalue weighted by atomic mass is 35.5. The fraction of sp³-hybridized carbons (Fsp3) is 0.353. The second-order valence-corrected chi connectivity index (χ2v) is 5.30. The zero-order chi connectivity index (χ0) is 15.1. The van der Waals surface area contributed by atoms with Gasteiger partial charge in [-0.05, 0) is 43.1 Å². The van der Waals surface area contributed by atoms with Crippen molar-refractivity contribution in [3.05, 3.63) is 58.9 Å². The van der Waals surface area contributed by atoms with Crippen LogP contribution in [0.15, 0.2) is 42.6 Å². The van der Waals surface area contributed by atoms with Crippen molar-refractivity contribution < 1.29 is 4.74 Å². The highest BCUT2D eigenvalue weighted by Crippen LogP contribution is 2.27. The fourth-order valence-electron chi connectivity index (χ4n) is 2.33. The summed E-state index contributed by atoms with van der Waals surface area (Å²) in [5.41, 5.74) is 2.04. The summed E-state index contributed by atoms with van der Waals surface area (Å²) in [7, 11) is 1.70. The van der Waals surface area contributed by atoms with Crippen LogP contribution in [0.3, 0.4) is 0 Å². The molecule has 0 amide bonds. The Morgan fingerprint density at radius 1 is 1.24 bits per heavy atom. The molecule has 3 nitrogen and oxygen atoms in total. The van der Waals surface area contributed by atoms with E-state index in [2.05, 4.69) is 23.3 Å². The molecule has 0 radical (unpaired) electrons. The molecule has 1 N–H and O–H groups in total. The molecule has 1 aromatic heterocycles. The molecule has 2 rings (SSSR count). The van der Waals surface area contributed by atoms with E-state index in [1.165, 1.54) is 0 Å². The van der Waals surface area contributed by atoms with Crippen molar-refractivity contribution >= 4 is 11.6 Å². The van der Waals surface area contributed by atoms with Gasteiger partial charge < -0.3 is 10.1 Å². The highest BCUT2D eigenvalue weighted by molar-refractivity contribution is 6.31. The van der Waals surface area contributed by atoms with Gasteiger partial charge in [-0.15, -0.1) is 0 Å². The van der Waals surface area contributed by atoms with E-state index in [1.54, 1.807) is 13.3 Å². The number of halogens is 1. The van der Waals surface area contributed by atoms with E-state index in [0.29, 0.717) is 5.02 Å². The van der Waals surface area contributed by atoms with Crippen molar-refractivity contribution in [3.63, 3.8) is 0 Å². The molecule has 0 saturated heterocycles. The van der Waals surface area contributed by atoms with Crippen LogP contribution in [0.2, 0.25) is 5.02 Å². The van der Waals surface area contributed by atoms with Crippen LogP contribution in [0, 0.1) is 0 Å². The normalized spacial score (nSPS) is 12.1. The van der Waals surface area contributed by atoms with Gasteiger partial charge >= 0.3 is 0 Å². The van der Waals surface area contributed by atoms with Crippen LogP contribution in [-0.2, 0) is 6.42 Å². The maximum atomic E-state index is 6.30. The fourth-order valence-corrected chi connectivity index (χ4v) is 2.58. The number of para-hydroxylation sites is 1. The van der Waals surface area contributed by atoms with Crippen LogP contribution in [0.1, 0.15) is 30.6 Å². The lowest BCUT2D eigenvalue weighted by Crippen LogP contribution is -2.25. The minimum Gasteiger partial charge on any atom is -0.496 e. The predicted octanol–water partition coefficient (Wildman–Crippen LogP) is 4.03. The van der Waals surface area contributed by atoms with Crippen LogP contribution in [0.5, 0.6) is 5.75 Å². The summed E-state index contributed by atoms with van der Waals surface area (Å²) >= 11 is 6.30. The number of nitrogens with one attached hydrogen (secondary N) is 1. The van der Waals surface area contributed by atoms with Crippen molar-refractivity contribution in [2.24, 2.45) is 0 Å². The minimum absolute atomic E-state index is 0.0787. The van der Waals surface area contributed by atoms with Gasteiger partial charge in [0.2, 0.25) is 0 Å². The van der Waals surface area contributed by atoms with Gasteiger partial charge in [-0.25, -0.2) is 0 Å². The summed E-state index contributed by atoms with van der Waals surface area (Å²) in [5.74, 6) is 0.896. The van der Waals surface area contributed by atoms with Crippen molar-refractivity contribution in [3.8, 4) is 5.75 Å². The first-order chi connectivity index (χ1) is 10.3. The van der Waals surface area contributed by atoms with E-state index >= 15 is 0 Å². The number of methoxy groups -OCH3 is 1. The van der Waals surface area contributed by atoms with Gasteiger partial charge in [0.25, 0.3) is 0 Å². The van der Waals surface area contributed by atoms with Gasteiger partial charge in [0.15, 0.2) is 0 Å². The summed E-state index contributed by atoms with van der Waals surface area (Å²) in [4.78, 5) is 4.45. The monoisotopic (exact) mass is 304 g/mol. The average Bonchev–Trinajstić information content (AvgIpc) is 2.52. The molecule has 1 unspecified atom stereocenters. The average molecular weight is 305 g/mol. The van der Waals surface area contributed by atoms with Gasteiger partial charge in [-0.2, -0.15) is 0 Å². The largest absolute Gasteiger partial charge is 0.496 e. The summed E-state index contributed by atoms with van der Waals surface area (Å²) in [5, 5.41) is 4.22. The number of benzene rings is 1. The van der Waals surface area contributed by atoms with Gasteiger partial charge in [0.1, 0.15) is 5.75 Å². The molecule has 21 heavy (non-hydrogen) atoms. The molecule has 0 fully saturated rings. The van der Waals surface area contributed by atoms with E-state index in [4.69, 9.17) is 16.3 Å². The zero-order valence-corrected chi connectivity index (χ0v) is 13.2. The van der Waals surface area contributed by atoms with Crippen LogP contribution < -0.4 is 10.1 Å². The molecule has 1 heterocycles. The molecule has 0 bridgehead atoms. The van der Waals surface area contributed by atoms with Crippen molar-refractivity contribution in [1.29, 1.82) is 0 Å². The summed E-state index contributed by atoms with van der Waals surface area (Å²) in [6.45, 7) is 3.07. The quantitative estimate of drug-likeness (QED) is 0.838. The Hall–Kier alpha value is -1.58. The second-order valence-electron chi connectivity index (χ2n) is 4.89. The predicted molar refractivity (Wildman–Crippen MR) is 87.0 cm³/mol. The lowest BCUT2D eigenvalue weighted by molar-refractivity contribution is 0.404. The van der Waals surface area contributed by atoms with Gasteiger partial charge in [-0.3, -0.25) is 4.98 Å². The number of hydrogen-bond donors (Lipinski definition) is 1. The van der Waals surface area contributed by atoms with Crippen LogP contribution in [0.4, 0.5) is 0 Å². The van der Waals surface area contributed by atoms with Crippen molar-refractivity contribution in [1.82, 2.24) is 10.3 Å². The van der Waals surface area contributed by atoms with Gasteiger partial charge in [0, 0.05) is 6.20 Å². The van der Waals surface area contributed by atoms with E-state index in [-0.39, 0.29) is 6.04 Å². The summed E-state index contributed by atoms with van der Waals surface area (Å²) in [6, 6.07) is 11.9. The number of ether oxygens (including phenoxy) is 1. The smallest absolute Gasteiger partial charge is 0.122 e. The molecule has 112 valence electrons. The molecule has 0 aliphatic rings. The SMILES string of the molecule is CCCNC(Cc1ccccc1OC)c1ncccc1Cl. The lowest BCUT2D eigenvalue weighted by Gasteiger charge is -2.20. The van der Waals surface area contributed by atoms with Gasteiger partial charge in [0.05, 0.1) is 23.9 Å². The van der Waals surface area contributed by atoms with E-state index < -0.39 is 0 Å². The third-order valence-electron chi connectivity index (χ3n) is 3.37. The molecule has 2 aromatic rings. The molecular formula is C17H21ClN2O. The molecule has 0 saturated carbocycles. The third-order valence-corrected chi connectivity index (χ3v) is 3.69. The van der Waals surface area contributed by atoms with Crippen LogP contribution in [0.25, 0.3) is 0 Å². The van der Waals surface area contributed by atoms with Crippen LogP contribution >= 0.6 is 11.6 Å². The molecular weight excluding hydrogens is 284 g/mol. The van der Waals surface area contributed by atoms with Crippen molar-refractivity contribution in [2.45, 2.75) is 25.8 Å². The Balaban J connectivity index is 2.26. The Kier molecular flexibility index (Phi) is 6.03. The standard InChI is InChI=1S/C17H21ClN2O/c1-3-10-19-15(17-14(18)8-6-11-20-17)12-13-7-4-5-9-16(13)21-2/h4-9,11,15,19H,3,10,12H2,1-2H3. The van der Waals surface area contributed by atoms with E-state index in [1.807, 2.05) is 30.3 Å². The van der Waals surface area contributed by atoms with Gasteiger partial charge in [-0.1, -0.05) is 36.7 Å². The van der Waals surface area contributed by atoms with E-state index in [9.17, 15) is 0 Å². The number of nitrogens with zero attached hydrogens (tertiary/aromatic N) is 1. The first-order valence-corrected chi connectivity index (χ1v) is 7.59. The Bertz CT molecular complexity index is 574. The zero-order valence-electron chi connectivity index (χ0n) is 12.5. The second kappa shape index (κ2) is 8.01. The first kappa shape index (κ1) is 15.8. The highest BCUT2D eigenvalue weighted by Gasteiger charge is 2.17. The number of rotatable bonds is 7. The number of hydrogen-bond acceptors (Lipinski definition) is 3. The number of pyridine rings is 1. The first-order valence-electron chi connectivity index (χ1n) is 7.22. The maximum absolute atomic E-state index is 6.30. The van der Waals surface area contributed by atoms with E-state index in [0.717, 1.165) is 36.4 Å². The Labute approximate surface area is 131 Å². The maximum Gasteiger partial charge on any atom is 0.122 e. The molecule has 0 aliphatic carbocycles. The molecule has 1 atom stereocenters. The lowest BCUT2D eigenvalue weighted by atomic mass is 10.0. The Morgan fingerprint density at radius 3 is 2.76 bits per heavy atom. The van der Waals surface area contributed by atoms with Crippen molar-refractivity contribution in [2.75, 3.05) is 13.7 Å². The minimum atomic E-state index is 0.0787. The Morgan fingerprint density at radius 2 is 2.05 bits per heavy atom. The number of aromatic nitrogens is 1. The molecule has 0 spiro atoms. The topological polar surface area (TPSA) is 34.1 Å². The van der Waals surface area contributed by atoms with Crippen LogP contribution in [-0.4, -0.2) is 18.6 Å².